The molecule has 1 aromatic carbocycles. The highest BCUT2D eigenvalue weighted by Gasteiger charge is 2.12. The number of hydrogen-bond acceptors (Lipinski definition) is 3. The van der Waals surface area contributed by atoms with E-state index in [0.717, 1.165) is 12.1 Å². The van der Waals surface area contributed by atoms with E-state index < -0.39 is 17.2 Å². The number of pyridine rings is 1. The summed E-state index contributed by atoms with van der Waals surface area (Å²) in [7, 11) is 0. The number of carbonyl (C=O) groups excluding carboxylic acids is 1. The van der Waals surface area contributed by atoms with Gasteiger partial charge in [-0.25, -0.2) is 9.18 Å². The predicted molar refractivity (Wildman–Crippen MR) is 65.5 cm³/mol. The van der Waals surface area contributed by atoms with Gasteiger partial charge in [0, 0.05) is 11.5 Å². The number of nitrogens with one attached hydrogen (secondary N) is 1. The summed E-state index contributed by atoms with van der Waals surface area (Å²) in [4.78, 5) is 25.9. The van der Waals surface area contributed by atoms with Crippen molar-refractivity contribution >= 4 is 28.5 Å². The summed E-state index contributed by atoms with van der Waals surface area (Å²) < 4.78 is 18.0. The molecule has 1 N–H and O–H groups in total. The number of aromatic nitrogens is 1. The first-order chi connectivity index (χ1) is 8.52. The lowest BCUT2D eigenvalue weighted by atomic mass is 10.2. The van der Waals surface area contributed by atoms with Gasteiger partial charge in [-0.2, -0.15) is 0 Å². The first kappa shape index (κ1) is 12.6. The Labute approximate surface area is 106 Å². The van der Waals surface area contributed by atoms with E-state index in [1.807, 2.05) is 0 Å². The maximum atomic E-state index is 13.2. The van der Waals surface area contributed by atoms with Crippen LogP contribution in [0.15, 0.2) is 23.0 Å². The van der Waals surface area contributed by atoms with Gasteiger partial charge in [0.15, 0.2) is 5.43 Å². The van der Waals surface area contributed by atoms with Crippen LogP contribution in [0.3, 0.4) is 0 Å². The second-order valence-electron chi connectivity index (χ2n) is 3.58. The van der Waals surface area contributed by atoms with E-state index in [-0.39, 0.29) is 28.2 Å². The molecule has 0 aliphatic carbocycles. The molecule has 1 aromatic heterocycles. The van der Waals surface area contributed by atoms with Gasteiger partial charge in [-0.3, -0.25) is 4.79 Å². The number of benzene rings is 1. The van der Waals surface area contributed by atoms with Gasteiger partial charge < -0.3 is 9.72 Å². The molecule has 1 heterocycles. The molecule has 0 atom stereocenters. The molecule has 0 radical (unpaired) electrons. The molecule has 0 aliphatic rings. The molecule has 0 fully saturated rings. The summed E-state index contributed by atoms with van der Waals surface area (Å²) in [6, 6.07) is 3.37. The van der Waals surface area contributed by atoms with Gasteiger partial charge in [-0.15, -0.1) is 0 Å². The van der Waals surface area contributed by atoms with Crippen LogP contribution in [0.5, 0.6) is 0 Å². The zero-order valence-electron chi connectivity index (χ0n) is 9.42. The molecule has 0 aliphatic heterocycles. The van der Waals surface area contributed by atoms with Crippen molar-refractivity contribution in [3.63, 3.8) is 0 Å². The summed E-state index contributed by atoms with van der Waals surface area (Å²) in [5.41, 5.74) is -0.170. The van der Waals surface area contributed by atoms with Crippen molar-refractivity contribution in [3.8, 4) is 0 Å². The number of rotatable bonds is 2. The molecule has 2 aromatic rings. The maximum Gasteiger partial charge on any atom is 0.354 e. The number of esters is 1. The molecular formula is C12H9ClFNO3. The van der Waals surface area contributed by atoms with E-state index in [1.165, 1.54) is 6.07 Å². The van der Waals surface area contributed by atoms with Gasteiger partial charge in [-0.1, -0.05) is 11.6 Å². The third-order valence-corrected chi connectivity index (χ3v) is 2.66. The van der Waals surface area contributed by atoms with Crippen LogP contribution in [-0.4, -0.2) is 17.6 Å². The third-order valence-electron chi connectivity index (χ3n) is 2.37. The summed E-state index contributed by atoms with van der Waals surface area (Å²) in [5.74, 6) is -1.32. The van der Waals surface area contributed by atoms with Crippen molar-refractivity contribution in [2.45, 2.75) is 6.92 Å². The standard InChI is InChI=1S/C12H9ClFNO3/c1-2-18-12(17)10-5-11(16)6-3-8(14)7(13)4-9(6)15-10/h3-5H,2H2,1H3,(H,15,16). The topological polar surface area (TPSA) is 59.2 Å². The Hall–Kier alpha value is -1.88. The fraction of sp³-hybridized carbons (Fsp3) is 0.167. The molecule has 0 saturated heterocycles. The van der Waals surface area contributed by atoms with Crippen LogP contribution in [0, 0.1) is 5.82 Å². The highest BCUT2D eigenvalue weighted by atomic mass is 35.5. The number of H-pyrrole nitrogens is 1. The number of carbonyl (C=O) groups is 1. The lowest BCUT2D eigenvalue weighted by molar-refractivity contribution is 0.0520. The van der Waals surface area contributed by atoms with E-state index in [4.69, 9.17) is 16.3 Å². The summed E-state index contributed by atoms with van der Waals surface area (Å²) in [6.07, 6.45) is 0. The minimum atomic E-state index is -0.682. The van der Waals surface area contributed by atoms with Gasteiger partial charge in [0.25, 0.3) is 0 Å². The zero-order valence-corrected chi connectivity index (χ0v) is 10.2. The number of fused-ring (bicyclic) bond motifs is 1. The first-order valence-corrected chi connectivity index (χ1v) is 5.60. The maximum absolute atomic E-state index is 13.2. The smallest absolute Gasteiger partial charge is 0.354 e. The van der Waals surface area contributed by atoms with E-state index in [0.29, 0.717) is 0 Å². The van der Waals surface area contributed by atoms with Gasteiger partial charge in [0.2, 0.25) is 0 Å². The van der Waals surface area contributed by atoms with E-state index in [1.54, 1.807) is 6.92 Å². The fourth-order valence-electron chi connectivity index (χ4n) is 1.56. The van der Waals surface area contributed by atoms with Crippen molar-refractivity contribution in [3.05, 3.63) is 45.0 Å². The SMILES string of the molecule is CCOC(=O)c1cc(=O)c2cc(F)c(Cl)cc2[nH]1. The van der Waals surface area contributed by atoms with Crippen LogP contribution < -0.4 is 5.43 Å². The fourth-order valence-corrected chi connectivity index (χ4v) is 1.73. The Morgan fingerprint density at radius 2 is 2.17 bits per heavy atom. The zero-order chi connectivity index (χ0) is 13.3. The second-order valence-corrected chi connectivity index (χ2v) is 3.99. The second kappa shape index (κ2) is 4.78. The van der Waals surface area contributed by atoms with Crippen LogP contribution >= 0.6 is 11.6 Å². The quantitative estimate of drug-likeness (QED) is 0.852. The molecule has 18 heavy (non-hydrogen) atoms. The van der Waals surface area contributed by atoms with Crippen molar-refractivity contribution in [1.82, 2.24) is 4.98 Å². The molecule has 0 unspecified atom stereocenters. The Morgan fingerprint density at radius 3 is 2.83 bits per heavy atom. The molecule has 6 heteroatoms. The van der Waals surface area contributed by atoms with Gasteiger partial charge >= 0.3 is 5.97 Å². The number of halogens is 2. The number of hydrogen-bond donors (Lipinski definition) is 1. The predicted octanol–water partition coefficient (Wildman–Crippen LogP) is 2.50. The summed E-state index contributed by atoms with van der Waals surface area (Å²) in [5, 5.41) is 0.00380. The van der Waals surface area contributed by atoms with Crippen LogP contribution in [0.1, 0.15) is 17.4 Å². The van der Waals surface area contributed by atoms with E-state index >= 15 is 0 Å². The molecule has 0 amide bonds. The monoisotopic (exact) mass is 269 g/mol. The summed E-state index contributed by atoms with van der Waals surface area (Å²) >= 11 is 5.62. The Morgan fingerprint density at radius 1 is 1.44 bits per heavy atom. The van der Waals surface area contributed by atoms with Gasteiger partial charge in [0.1, 0.15) is 11.5 Å². The van der Waals surface area contributed by atoms with Gasteiger partial charge in [-0.05, 0) is 19.1 Å². The number of ether oxygens (including phenoxy) is 1. The molecule has 94 valence electrons. The normalized spacial score (nSPS) is 10.6. The molecule has 0 bridgehead atoms. The molecule has 2 rings (SSSR count). The average molecular weight is 270 g/mol. The van der Waals surface area contributed by atoms with Crippen molar-refractivity contribution in [1.29, 1.82) is 0 Å². The summed E-state index contributed by atoms with van der Waals surface area (Å²) in [6.45, 7) is 1.85. The molecule has 0 saturated carbocycles. The van der Waals surface area contributed by atoms with Crippen LogP contribution in [0.4, 0.5) is 4.39 Å². The Balaban J connectivity index is 2.65. The van der Waals surface area contributed by atoms with Crippen molar-refractivity contribution in [2.24, 2.45) is 0 Å². The largest absolute Gasteiger partial charge is 0.461 e. The number of aromatic amines is 1. The van der Waals surface area contributed by atoms with E-state index in [9.17, 15) is 14.0 Å². The highest BCUT2D eigenvalue weighted by molar-refractivity contribution is 6.31. The minimum absolute atomic E-state index is 0.0111. The Bertz CT molecular complexity index is 681. The van der Waals surface area contributed by atoms with Crippen molar-refractivity contribution < 1.29 is 13.9 Å². The lowest BCUT2D eigenvalue weighted by Gasteiger charge is -2.04. The molecule has 4 nitrogen and oxygen atoms in total. The van der Waals surface area contributed by atoms with Crippen LogP contribution in [-0.2, 0) is 4.74 Å². The Kier molecular flexibility index (Phi) is 3.34. The molecule has 0 spiro atoms. The van der Waals surface area contributed by atoms with E-state index in [2.05, 4.69) is 4.98 Å². The minimum Gasteiger partial charge on any atom is -0.461 e. The molecular weight excluding hydrogens is 261 g/mol. The van der Waals surface area contributed by atoms with Crippen LogP contribution in [0.25, 0.3) is 10.9 Å². The first-order valence-electron chi connectivity index (χ1n) is 5.22. The lowest BCUT2D eigenvalue weighted by Crippen LogP contribution is -2.12. The van der Waals surface area contributed by atoms with Crippen LogP contribution in [0.2, 0.25) is 5.02 Å². The third kappa shape index (κ3) is 2.22. The van der Waals surface area contributed by atoms with Crippen molar-refractivity contribution in [2.75, 3.05) is 6.61 Å². The average Bonchev–Trinajstić information content (AvgIpc) is 2.32. The van der Waals surface area contributed by atoms with Gasteiger partial charge in [0.05, 0.1) is 17.1 Å². The highest BCUT2D eigenvalue weighted by Crippen LogP contribution is 2.19.